The third-order valence-corrected chi connectivity index (χ3v) is 19.1. The number of allylic oxidation sites excluding steroid dienone is 18. The smallest absolute Gasteiger partial charge is 0.462 e. The van der Waals surface area contributed by atoms with Crippen LogP contribution in [0.2, 0.25) is 0 Å². The van der Waals surface area contributed by atoms with E-state index in [0.717, 1.165) is 161 Å². The number of phosphoric ester groups is 2. The topological polar surface area (TPSA) is 237 Å². The van der Waals surface area contributed by atoms with Crippen LogP contribution in [0.25, 0.3) is 0 Å². The van der Waals surface area contributed by atoms with E-state index in [0.29, 0.717) is 25.7 Å². The van der Waals surface area contributed by atoms with Crippen LogP contribution in [0.5, 0.6) is 0 Å². The molecule has 19 heteroatoms. The molecule has 0 spiro atoms. The minimum atomic E-state index is -4.99. The van der Waals surface area contributed by atoms with Gasteiger partial charge in [0.05, 0.1) is 26.4 Å². The fraction of sp³-hybridized carbons (Fsp3) is 0.741. The largest absolute Gasteiger partial charge is 0.472 e. The molecule has 0 aromatic carbocycles. The fourth-order valence-corrected chi connectivity index (χ4v) is 12.5. The van der Waals surface area contributed by atoms with Gasteiger partial charge in [0.2, 0.25) is 0 Å². The number of phosphoric acid groups is 2. The van der Waals surface area contributed by atoms with Crippen LogP contribution in [0.15, 0.2) is 109 Å². The second-order valence-corrected chi connectivity index (χ2v) is 30.2. The highest BCUT2D eigenvalue weighted by Crippen LogP contribution is 2.45. The van der Waals surface area contributed by atoms with Gasteiger partial charge in [-0.2, -0.15) is 0 Å². The van der Waals surface area contributed by atoms with E-state index in [1.54, 1.807) is 0 Å². The summed E-state index contributed by atoms with van der Waals surface area (Å²) in [5.74, 6) is -2.22. The van der Waals surface area contributed by atoms with Crippen molar-refractivity contribution in [1.82, 2.24) is 0 Å². The number of esters is 4. The predicted molar refractivity (Wildman–Crippen MR) is 427 cm³/mol. The Morgan fingerprint density at radius 2 is 0.500 bits per heavy atom. The van der Waals surface area contributed by atoms with Gasteiger partial charge in [0, 0.05) is 25.7 Å². The molecule has 0 rings (SSSR count). The number of unbranched alkanes of at least 4 members (excludes halogenated alkanes) is 33. The lowest BCUT2D eigenvalue weighted by Crippen LogP contribution is -2.30. The second-order valence-electron chi connectivity index (χ2n) is 27.3. The molecule has 2 unspecified atom stereocenters. The average Bonchev–Trinajstić information content (AvgIpc) is 0.918. The standard InChI is InChI=1S/C85H148O17P2/c1-5-9-13-17-21-25-29-33-37-38-39-40-44-46-50-54-58-62-66-70-83(88)96-76-81(102-85(90)72-68-64-60-56-52-48-43-36-32-28-24-20-16-12-8-4)78-100-104(93,94)98-74-79(86)73-97-103(91,92)99-77-80(101-84(89)71-67-63-59-55-51-47-42-35-31-27-23-19-15-11-7-3)75-95-82(87)69-65-61-57-53-49-45-41-34-30-26-22-18-14-10-6-2/h9,13,21,23-25,27-28,33,35-37,39-40,42-43,46,50,79-81,86H,5-8,10-12,14-20,22,26,29-32,34,38,41,44-45,47-49,51-78H2,1-4H3,(H,91,92)(H,93,94)/b13-9-,25-21-,27-23-,28-24-,37-33-,40-39-,42-35-,43-36-,50-46-/t79-,80+,81+/m0/s1. The summed E-state index contributed by atoms with van der Waals surface area (Å²) in [5.41, 5.74) is 0. The quantitative estimate of drug-likeness (QED) is 0.0169. The Kier molecular flexibility index (Phi) is 73.7. The second kappa shape index (κ2) is 76.9. The monoisotopic (exact) mass is 1500 g/mol. The number of hydrogen-bond acceptors (Lipinski definition) is 15. The van der Waals surface area contributed by atoms with Gasteiger partial charge in [-0.1, -0.05) is 298 Å². The molecule has 5 atom stereocenters. The van der Waals surface area contributed by atoms with Crippen LogP contribution in [-0.2, 0) is 65.4 Å². The van der Waals surface area contributed by atoms with Crippen molar-refractivity contribution in [3.8, 4) is 0 Å². The molecule has 0 saturated heterocycles. The molecule has 3 N–H and O–H groups in total. The van der Waals surface area contributed by atoms with Crippen molar-refractivity contribution < 1.29 is 80.2 Å². The van der Waals surface area contributed by atoms with E-state index in [9.17, 15) is 43.2 Å². The molecule has 0 aliphatic heterocycles. The summed E-state index contributed by atoms with van der Waals surface area (Å²) in [7, 11) is -9.97. The number of aliphatic hydroxyl groups excluding tert-OH is 1. The van der Waals surface area contributed by atoms with E-state index < -0.39 is 97.5 Å². The minimum absolute atomic E-state index is 0.0700. The minimum Gasteiger partial charge on any atom is -0.462 e. The van der Waals surface area contributed by atoms with Crippen LogP contribution in [-0.4, -0.2) is 96.7 Å². The van der Waals surface area contributed by atoms with Gasteiger partial charge in [-0.15, -0.1) is 0 Å². The normalized spacial score (nSPS) is 14.4. The molecule has 0 aliphatic rings. The molecule has 104 heavy (non-hydrogen) atoms. The molecule has 600 valence electrons. The molecule has 17 nitrogen and oxygen atoms in total. The van der Waals surface area contributed by atoms with E-state index in [4.69, 9.17) is 37.0 Å². The zero-order chi connectivity index (χ0) is 76.0. The van der Waals surface area contributed by atoms with Gasteiger partial charge in [0.15, 0.2) is 12.2 Å². The molecule has 0 amide bonds. The molecule has 0 heterocycles. The lowest BCUT2D eigenvalue weighted by atomic mass is 10.0. The molecule has 0 saturated carbocycles. The van der Waals surface area contributed by atoms with Gasteiger partial charge < -0.3 is 33.8 Å². The van der Waals surface area contributed by atoms with E-state index in [2.05, 4.69) is 137 Å². The Morgan fingerprint density at radius 1 is 0.279 bits per heavy atom. The molecule has 0 aliphatic carbocycles. The number of ether oxygens (including phenoxy) is 4. The zero-order valence-corrected chi connectivity index (χ0v) is 67.5. The van der Waals surface area contributed by atoms with Gasteiger partial charge in [0.1, 0.15) is 19.3 Å². The third kappa shape index (κ3) is 75.9. The summed E-state index contributed by atoms with van der Waals surface area (Å²) in [6, 6.07) is 0. The summed E-state index contributed by atoms with van der Waals surface area (Å²) in [5, 5.41) is 10.7. The van der Waals surface area contributed by atoms with E-state index in [1.807, 2.05) is 0 Å². The Labute approximate surface area is 632 Å². The summed E-state index contributed by atoms with van der Waals surface area (Å²) < 4.78 is 68.7. The van der Waals surface area contributed by atoms with Crippen LogP contribution >= 0.6 is 15.6 Å². The van der Waals surface area contributed by atoms with Crippen LogP contribution in [0, 0.1) is 0 Å². The van der Waals surface area contributed by atoms with Gasteiger partial charge >= 0.3 is 39.5 Å². The van der Waals surface area contributed by atoms with Crippen molar-refractivity contribution in [2.24, 2.45) is 0 Å². The number of carbonyl (C=O) groups is 4. The Morgan fingerprint density at radius 3 is 0.798 bits per heavy atom. The van der Waals surface area contributed by atoms with Crippen molar-refractivity contribution in [1.29, 1.82) is 0 Å². The van der Waals surface area contributed by atoms with Gasteiger partial charge in [0.25, 0.3) is 0 Å². The van der Waals surface area contributed by atoms with Crippen LogP contribution in [0.3, 0.4) is 0 Å². The lowest BCUT2D eigenvalue weighted by molar-refractivity contribution is -0.161. The maximum absolute atomic E-state index is 13.1. The molecular weight excluding hydrogens is 1350 g/mol. The molecule has 0 bridgehead atoms. The van der Waals surface area contributed by atoms with Crippen molar-refractivity contribution in [2.45, 2.75) is 367 Å². The van der Waals surface area contributed by atoms with E-state index in [1.165, 1.54) is 109 Å². The van der Waals surface area contributed by atoms with Gasteiger partial charge in [-0.3, -0.25) is 37.3 Å². The first-order valence-electron chi connectivity index (χ1n) is 41.1. The van der Waals surface area contributed by atoms with Crippen molar-refractivity contribution in [3.05, 3.63) is 109 Å². The van der Waals surface area contributed by atoms with Gasteiger partial charge in [-0.05, 0) is 135 Å². The summed E-state index contributed by atoms with van der Waals surface area (Å²) in [6.45, 7) is 4.69. The highest BCUT2D eigenvalue weighted by molar-refractivity contribution is 7.47. The molecule has 0 fully saturated rings. The first kappa shape index (κ1) is 99.7. The highest BCUT2D eigenvalue weighted by Gasteiger charge is 2.30. The maximum Gasteiger partial charge on any atom is 0.472 e. The predicted octanol–water partition coefficient (Wildman–Crippen LogP) is 24.1. The van der Waals surface area contributed by atoms with Crippen LogP contribution in [0.4, 0.5) is 0 Å². The molecule has 0 aromatic rings. The van der Waals surface area contributed by atoms with Crippen LogP contribution < -0.4 is 0 Å². The third-order valence-electron chi connectivity index (χ3n) is 17.2. The summed E-state index contributed by atoms with van der Waals surface area (Å²) >= 11 is 0. The Bertz CT molecular complexity index is 2390. The number of aliphatic hydroxyl groups is 1. The Balaban J connectivity index is 5.40. The highest BCUT2D eigenvalue weighted by atomic mass is 31.2. The zero-order valence-electron chi connectivity index (χ0n) is 65.7. The van der Waals surface area contributed by atoms with Crippen molar-refractivity contribution in [3.63, 3.8) is 0 Å². The average molecular weight is 1500 g/mol. The first-order valence-corrected chi connectivity index (χ1v) is 44.1. The SMILES string of the molecule is CC/C=C\C/C=C\C/C=C\C/C=C\C/C=C\CCCCCC(=O)OC[C@H](COP(=O)(O)OC[C@@H](O)COP(=O)(O)OC[C@@H](COC(=O)CCCCCCCCCCCCCCCCC)OC(=O)CCCCCCC/C=C\C/C=C\CCCCC)OC(=O)CCCCCCC/C=C\C/C=C\CCCCC. The summed E-state index contributed by atoms with van der Waals surface area (Å²) in [6.07, 6.45) is 83.4. The number of hydrogen-bond donors (Lipinski definition) is 3. The fourth-order valence-electron chi connectivity index (χ4n) is 11.0. The molecular formula is C85H148O17P2. The van der Waals surface area contributed by atoms with Crippen molar-refractivity contribution >= 4 is 39.5 Å². The first-order chi connectivity index (χ1) is 50.7. The van der Waals surface area contributed by atoms with E-state index >= 15 is 0 Å². The lowest BCUT2D eigenvalue weighted by Gasteiger charge is -2.21. The number of carbonyl (C=O) groups excluding carboxylic acids is 4. The summed E-state index contributed by atoms with van der Waals surface area (Å²) in [4.78, 5) is 73.1. The van der Waals surface area contributed by atoms with Crippen LogP contribution in [0.1, 0.15) is 349 Å². The number of rotatable bonds is 77. The van der Waals surface area contributed by atoms with Crippen molar-refractivity contribution in [2.75, 3.05) is 39.6 Å². The van der Waals surface area contributed by atoms with Gasteiger partial charge in [-0.25, -0.2) is 9.13 Å². The maximum atomic E-state index is 13.1. The van der Waals surface area contributed by atoms with E-state index in [-0.39, 0.29) is 25.7 Å². The Hall–Kier alpha value is -4.28. The molecule has 0 radical (unpaired) electrons. The molecule has 0 aromatic heterocycles.